The van der Waals surface area contributed by atoms with Crippen molar-refractivity contribution in [3.8, 4) is 21.8 Å². The lowest BCUT2D eigenvalue weighted by Gasteiger charge is -2.15. The average Bonchev–Trinajstić information content (AvgIpc) is 3.42. The number of thiazole rings is 1. The normalized spacial score (nSPS) is 11.8. The van der Waals surface area contributed by atoms with Crippen LogP contribution in [0.4, 0.5) is 0 Å². The molecule has 0 unspecified atom stereocenters. The third-order valence-electron chi connectivity index (χ3n) is 5.48. The van der Waals surface area contributed by atoms with Crippen molar-refractivity contribution in [2.75, 3.05) is 13.7 Å². The lowest BCUT2D eigenvalue weighted by molar-refractivity contribution is 0.0599. The molecule has 0 aliphatic heterocycles. The number of pyridine rings is 2. The van der Waals surface area contributed by atoms with Crippen LogP contribution in [-0.2, 0) is 23.3 Å². The first-order valence-electron chi connectivity index (χ1n) is 10.9. The average molecular weight is 497 g/mol. The van der Waals surface area contributed by atoms with Gasteiger partial charge in [-0.3, -0.25) is 4.79 Å². The first kappa shape index (κ1) is 24.1. The number of hydrogen-bond acceptors (Lipinski definition) is 7. The van der Waals surface area contributed by atoms with Crippen LogP contribution in [0, 0.1) is 0 Å². The Morgan fingerprint density at radius 3 is 2.74 bits per heavy atom. The van der Waals surface area contributed by atoms with Gasteiger partial charge >= 0.3 is 5.97 Å². The topological polar surface area (TPSA) is 88.2 Å². The molecule has 0 aliphatic carbocycles. The van der Waals surface area contributed by atoms with Crippen molar-refractivity contribution in [2.24, 2.45) is 7.05 Å². The molecule has 4 rings (SSSR count). The van der Waals surface area contributed by atoms with Gasteiger partial charge in [0.2, 0.25) is 0 Å². The molecule has 0 N–H and O–H groups in total. The maximum Gasteiger partial charge on any atom is 0.339 e. The smallest absolute Gasteiger partial charge is 0.339 e. The van der Waals surface area contributed by atoms with E-state index < -0.39 is 14.0 Å². The summed E-state index contributed by atoms with van der Waals surface area (Å²) in [6.45, 7) is 8.12. The van der Waals surface area contributed by atoms with Gasteiger partial charge in [-0.1, -0.05) is 19.6 Å². The zero-order chi connectivity index (χ0) is 24.5. The van der Waals surface area contributed by atoms with E-state index >= 15 is 0 Å². The lowest BCUT2D eigenvalue weighted by atomic mass is 10.1. The van der Waals surface area contributed by atoms with Crippen molar-refractivity contribution < 1.29 is 14.3 Å². The second-order valence-corrected chi connectivity index (χ2v) is 15.8. The molecule has 0 atom stereocenters. The molecule has 10 heteroatoms. The van der Waals surface area contributed by atoms with E-state index in [9.17, 15) is 9.59 Å². The molecular weight excluding hydrogens is 468 g/mol. The Labute approximate surface area is 202 Å². The van der Waals surface area contributed by atoms with Gasteiger partial charge in [0.1, 0.15) is 17.4 Å². The minimum Gasteiger partial charge on any atom is -0.465 e. The maximum absolute atomic E-state index is 12.8. The Bertz CT molecular complexity index is 1400. The van der Waals surface area contributed by atoms with E-state index in [1.807, 2.05) is 28.3 Å². The predicted octanol–water partition coefficient (Wildman–Crippen LogP) is 4.62. The number of aromatic nitrogens is 4. The number of carbonyl (C=O) groups excluding carboxylic acids is 1. The molecule has 34 heavy (non-hydrogen) atoms. The maximum atomic E-state index is 12.8. The van der Waals surface area contributed by atoms with Crippen molar-refractivity contribution in [3.05, 3.63) is 58.1 Å². The van der Waals surface area contributed by atoms with Crippen molar-refractivity contribution in [1.29, 1.82) is 0 Å². The van der Waals surface area contributed by atoms with Gasteiger partial charge in [0, 0.05) is 56.6 Å². The van der Waals surface area contributed by atoms with Crippen LogP contribution < -0.4 is 5.56 Å². The van der Waals surface area contributed by atoms with Gasteiger partial charge in [0.05, 0.1) is 23.9 Å². The number of esters is 1. The Balaban J connectivity index is 1.68. The first-order valence-corrected chi connectivity index (χ1v) is 15.5. The van der Waals surface area contributed by atoms with Gasteiger partial charge in [0.25, 0.3) is 5.56 Å². The zero-order valence-electron chi connectivity index (χ0n) is 20.0. The van der Waals surface area contributed by atoms with E-state index in [2.05, 4.69) is 24.6 Å². The predicted molar refractivity (Wildman–Crippen MR) is 137 cm³/mol. The summed E-state index contributed by atoms with van der Waals surface area (Å²) in [6, 6.07) is 6.53. The highest BCUT2D eigenvalue weighted by molar-refractivity contribution is 7.13. The summed E-state index contributed by atoms with van der Waals surface area (Å²) in [5.41, 5.74) is 2.91. The van der Waals surface area contributed by atoms with Crippen molar-refractivity contribution in [1.82, 2.24) is 19.1 Å². The summed E-state index contributed by atoms with van der Waals surface area (Å²) >= 11 is 1.36. The highest BCUT2D eigenvalue weighted by atomic mass is 32.1. The molecule has 0 bridgehead atoms. The summed E-state index contributed by atoms with van der Waals surface area (Å²) in [4.78, 5) is 34.1. The molecule has 0 fully saturated rings. The van der Waals surface area contributed by atoms with Crippen LogP contribution in [0.5, 0.6) is 0 Å². The monoisotopic (exact) mass is 496 g/mol. The van der Waals surface area contributed by atoms with Crippen molar-refractivity contribution in [3.63, 3.8) is 0 Å². The number of nitrogens with zero attached hydrogens (tertiary/aromatic N) is 4. The van der Waals surface area contributed by atoms with E-state index in [4.69, 9.17) is 14.5 Å². The molecule has 0 spiro atoms. The number of methoxy groups -OCH3 is 1. The van der Waals surface area contributed by atoms with Crippen LogP contribution in [0.1, 0.15) is 10.4 Å². The van der Waals surface area contributed by atoms with E-state index in [1.165, 1.54) is 35.3 Å². The first-order chi connectivity index (χ1) is 16.2. The Kier molecular flexibility index (Phi) is 6.83. The van der Waals surface area contributed by atoms with Gasteiger partial charge < -0.3 is 18.6 Å². The minimum atomic E-state index is -1.16. The molecule has 0 amide bonds. The third-order valence-corrected chi connectivity index (χ3v) is 8.06. The van der Waals surface area contributed by atoms with Crippen LogP contribution >= 0.6 is 11.3 Å². The molecule has 8 nitrogen and oxygen atoms in total. The molecule has 4 heterocycles. The van der Waals surface area contributed by atoms with E-state index in [1.54, 1.807) is 13.2 Å². The largest absolute Gasteiger partial charge is 0.465 e. The molecule has 0 aromatic carbocycles. The molecule has 4 aromatic heterocycles. The van der Waals surface area contributed by atoms with Crippen LogP contribution in [0.15, 0.2) is 47.0 Å². The fraction of sp³-hybridized carbons (Fsp3) is 0.333. The molecule has 0 radical (unpaired) electrons. The molecule has 178 valence electrons. The summed E-state index contributed by atoms with van der Waals surface area (Å²) in [5.74, 6) is -0.503. The molecule has 0 saturated carbocycles. The fourth-order valence-corrected chi connectivity index (χ4v) is 5.17. The second-order valence-electron chi connectivity index (χ2n) is 9.32. The molecule has 0 saturated heterocycles. The van der Waals surface area contributed by atoms with Crippen LogP contribution in [0.3, 0.4) is 0 Å². The second kappa shape index (κ2) is 9.65. The summed E-state index contributed by atoms with van der Waals surface area (Å²) in [5, 5.41) is 3.42. The van der Waals surface area contributed by atoms with Gasteiger partial charge in [-0.2, -0.15) is 0 Å². The highest BCUT2D eigenvalue weighted by Crippen LogP contribution is 2.33. The number of carbonyl (C=O) groups is 1. The molecule has 0 aliphatic rings. The minimum absolute atomic E-state index is 0.228. The standard InChI is InChI=1S/C24H28N4O4SSi/c1-27-12-16(24(30)31-2)11-18(23(27)29)22-26-20(14-33-22)19-13-28(15-32-9-10-34(3,4)5)21-17(19)7-6-8-25-21/h6-8,11-14H,9-10,15H2,1-5H3. The van der Waals surface area contributed by atoms with Crippen LogP contribution in [-0.4, -0.2) is 46.9 Å². The summed E-state index contributed by atoms with van der Waals surface area (Å²) < 4.78 is 14.1. The van der Waals surface area contributed by atoms with E-state index in [-0.39, 0.29) is 5.56 Å². The quantitative estimate of drug-likeness (QED) is 0.201. The Morgan fingerprint density at radius 1 is 1.21 bits per heavy atom. The number of ether oxygens (including phenoxy) is 2. The lowest BCUT2D eigenvalue weighted by Crippen LogP contribution is -2.22. The molecule has 4 aromatic rings. The molecular formula is C24H28N4O4SSi. The van der Waals surface area contributed by atoms with Gasteiger partial charge in [-0.25, -0.2) is 14.8 Å². The SMILES string of the molecule is COC(=O)c1cc(-c2nc(-c3cn(COCC[Si](C)(C)C)c4ncccc34)cs2)c(=O)n(C)c1. The van der Waals surface area contributed by atoms with Crippen molar-refractivity contribution in [2.45, 2.75) is 32.4 Å². The fourth-order valence-electron chi connectivity index (χ4n) is 3.58. The summed E-state index contributed by atoms with van der Waals surface area (Å²) in [6.07, 6.45) is 5.22. The van der Waals surface area contributed by atoms with Crippen molar-refractivity contribution >= 4 is 36.4 Å². The Hall–Kier alpha value is -3.08. The number of hydrogen-bond donors (Lipinski definition) is 0. The zero-order valence-corrected chi connectivity index (χ0v) is 21.8. The van der Waals surface area contributed by atoms with Gasteiger partial charge in [0.15, 0.2) is 0 Å². The number of aryl methyl sites for hydroxylation is 1. The van der Waals surface area contributed by atoms with E-state index in [0.717, 1.165) is 34.9 Å². The van der Waals surface area contributed by atoms with Gasteiger partial charge in [-0.15, -0.1) is 11.3 Å². The Morgan fingerprint density at radius 2 is 2.00 bits per heavy atom. The van der Waals surface area contributed by atoms with Crippen LogP contribution in [0.2, 0.25) is 25.7 Å². The van der Waals surface area contributed by atoms with Crippen LogP contribution in [0.25, 0.3) is 32.9 Å². The van der Waals surface area contributed by atoms with E-state index in [0.29, 0.717) is 22.9 Å². The number of fused-ring (bicyclic) bond motifs is 1. The van der Waals surface area contributed by atoms with Gasteiger partial charge in [-0.05, 0) is 24.2 Å². The number of rotatable bonds is 8. The summed E-state index contributed by atoms with van der Waals surface area (Å²) in [7, 11) is 1.75. The highest BCUT2D eigenvalue weighted by Gasteiger charge is 2.19. The third kappa shape index (κ3) is 5.03.